The van der Waals surface area contributed by atoms with Crippen molar-refractivity contribution in [3.63, 3.8) is 0 Å². The predicted molar refractivity (Wildman–Crippen MR) is 88.6 cm³/mol. The summed E-state index contributed by atoms with van der Waals surface area (Å²) < 4.78 is 6.06. The first-order chi connectivity index (χ1) is 9.80. The zero-order valence-corrected chi connectivity index (χ0v) is 14.2. The van der Waals surface area contributed by atoms with Crippen LogP contribution in [0.1, 0.15) is 43.9 Å². The van der Waals surface area contributed by atoms with Gasteiger partial charge in [-0.15, -0.1) is 0 Å². The molecule has 0 fully saturated rings. The van der Waals surface area contributed by atoms with E-state index in [1.807, 2.05) is 0 Å². The highest BCUT2D eigenvalue weighted by atomic mass is 79.9. The SMILES string of the molecule is CCC(CC)N(CCBr)CC1OCCc2ccccc21. The van der Waals surface area contributed by atoms with E-state index < -0.39 is 0 Å². The van der Waals surface area contributed by atoms with Gasteiger partial charge < -0.3 is 4.74 Å². The number of hydrogen-bond donors (Lipinski definition) is 0. The van der Waals surface area contributed by atoms with Crippen LogP contribution in [-0.2, 0) is 11.2 Å². The summed E-state index contributed by atoms with van der Waals surface area (Å²) in [5.74, 6) is 0. The molecule has 1 unspecified atom stereocenters. The molecule has 0 amide bonds. The van der Waals surface area contributed by atoms with Crippen LogP contribution in [0.4, 0.5) is 0 Å². The highest BCUT2D eigenvalue weighted by molar-refractivity contribution is 9.09. The molecule has 1 aliphatic rings. The predicted octanol–water partition coefficient (Wildman–Crippen LogP) is 4.19. The van der Waals surface area contributed by atoms with Crippen LogP contribution in [0, 0.1) is 0 Å². The first-order valence-corrected chi connectivity index (χ1v) is 8.91. The lowest BCUT2D eigenvalue weighted by atomic mass is 9.96. The third kappa shape index (κ3) is 3.84. The molecule has 20 heavy (non-hydrogen) atoms. The van der Waals surface area contributed by atoms with Crippen molar-refractivity contribution in [1.82, 2.24) is 4.90 Å². The zero-order valence-electron chi connectivity index (χ0n) is 12.6. The molecule has 0 saturated carbocycles. The summed E-state index contributed by atoms with van der Waals surface area (Å²) in [6.07, 6.45) is 3.70. The Kier molecular flexibility index (Phi) is 6.53. The number of hydrogen-bond acceptors (Lipinski definition) is 2. The average Bonchev–Trinajstić information content (AvgIpc) is 2.49. The van der Waals surface area contributed by atoms with Crippen LogP contribution < -0.4 is 0 Å². The molecule has 1 aromatic rings. The Hall–Kier alpha value is -0.380. The third-order valence-corrected chi connectivity index (χ3v) is 4.68. The Morgan fingerprint density at radius 1 is 1.30 bits per heavy atom. The van der Waals surface area contributed by atoms with Crippen LogP contribution in [0.15, 0.2) is 24.3 Å². The summed E-state index contributed by atoms with van der Waals surface area (Å²) in [4.78, 5) is 2.58. The van der Waals surface area contributed by atoms with E-state index in [4.69, 9.17) is 4.74 Å². The quantitative estimate of drug-likeness (QED) is 0.690. The maximum Gasteiger partial charge on any atom is 0.0954 e. The van der Waals surface area contributed by atoms with Crippen molar-refractivity contribution in [1.29, 1.82) is 0 Å². The van der Waals surface area contributed by atoms with Crippen LogP contribution >= 0.6 is 15.9 Å². The summed E-state index contributed by atoms with van der Waals surface area (Å²) in [6.45, 7) is 7.52. The van der Waals surface area contributed by atoms with Crippen molar-refractivity contribution in [2.45, 2.75) is 45.3 Å². The lowest BCUT2D eigenvalue weighted by Crippen LogP contribution is -2.40. The fraction of sp³-hybridized carbons (Fsp3) is 0.647. The summed E-state index contributed by atoms with van der Waals surface area (Å²) >= 11 is 3.59. The Balaban J connectivity index is 2.11. The van der Waals surface area contributed by atoms with Gasteiger partial charge in [0.25, 0.3) is 0 Å². The summed E-state index contributed by atoms with van der Waals surface area (Å²) in [5.41, 5.74) is 2.86. The minimum Gasteiger partial charge on any atom is -0.372 e. The van der Waals surface area contributed by atoms with Gasteiger partial charge in [0.2, 0.25) is 0 Å². The lowest BCUT2D eigenvalue weighted by molar-refractivity contribution is 0.00661. The highest BCUT2D eigenvalue weighted by Gasteiger charge is 2.25. The smallest absolute Gasteiger partial charge is 0.0954 e. The Morgan fingerprint density at radius 2 is 2.05 bits per heavy atom. The zero-order chi connectivity index (χ0) is 14.4. The van der Waals surface area contributed by atoms with Gasteiger partial charge in [0.15, 0.2) is 0 Å². The first kappa shape index (κ1) is 16.0. The van der Waals surface area contributed by atoms with E-state index in [-0.39, 0.29) is 6.10 Å². The maximum atomic E-state index is 6.06. The van der Waals surface area contributed by atoms with Crippen LogP contribution in [0.25, 0.3) is 0 Å². The first-order valence-electron chi connectivity index (χ1n) is 7.79. The fourth-order valence-corrected chi connectivity index (χ4v) is 3.63. The van der Waals surface area contributed by atoms with E-state index in [1.165, 1.54) is 24.0 Å². The molecule has 0 saturated heterocycles. The second-order valence-electron chi connectivity index (χ2n) is 5.46. The Labute approximate surface area is 131 Å². The van der Waals surface area contributed by atoms with Crippen molar-refractivity contribution in [3.8, 4) is 0 Å². The topological polar surface area (TPSA) is 12.5 Å². The molecular formula is C17H26BrNO. The van der Waals surface area contributed by atoms with E-state index in [0.717, 1.165) is 31.4 Å². The second-order valence-corrected chi connectivity index (χ2v) is 6.26. The molecular weight excluding hydrogens is 314 g/mol. The van der Waals surface area contributed by atoms with Gasteiger partial charge in [-0.1, -0.05) is 54.0 Å². The molecule has 2 nitrogen and oxygen atoms in total. The Morgan fingerprint density at radius 3 is 2.75 bits per heavy atom. The number of halogens is 1. The second kappa shape index (κ2) is 8.16. The molecule has 0 spiro atoms. The monoisotopic (exact) mass is 339 g/mol. The molecule has 1 heterocycles. The molecule has 112 valence electrons. The van der Waals surface area contributed by atoms with E-state index in [0.29, 0.717) is 6.04 Å². The number of ether oxygens (including phenoxy) is 1. The number of benzene rings is 1. The molecule has 0 bridgehead atoms. The van der Waals surface area contributed by atoms with E-state index in [9.17, 15) is 0 Å². The molecule has 0 N–H and O–H groups in total. The van der Waals surface area contributed by atoms with Gasteiger partial charge in [-0.3, -0.25) is 4.90 Å². The molecule has 1 aromatic carbocycles. The number of nitrogens with zero attached hydrogens (tertiary/aromatic N) is 1. The third-order valence-electron chi connectivity index (χ3n) is 4.32. The standard InChI is InChI=1S/C17H26BrNO/c1-3-15(4-2)19(11-10-18)13-17-16-8-6-5-7-14(16)9-12-20-17/h5-8,15,17H,3-4,9-13H2,1-2H3. The van der Waals surface area contributed by atoms with Crippen LogP contribution in [0.5, 0.6) is 0 Å². The molecule has 0 aromatic heterocycles. The van der Waals surface area contributed by atoms with Crippen LogP contribution in [0.2, 0.25) is 0 Å². The number of fused-ring (bicyclic) bond motifs is 1. The van der Waals surface area contributed by atoms with Gasteiger partial charge in [-0.25, -0.2) is 0 Å². The minimum atomic E-state index is 0.236. The fourth-order valence-electron chi connectivity index (χ4n) is 3.18. The average molecular weight is 340 g/mol. The van der Waals surface area contributed by atoms with Crippen molar-refractivity contribution in [2.75, 3.05) is 25.0 Å². The normalized spacial score (nSPS) is 18.6. The molecule has 3 heteroatoms. The summed E-state index contributed by atoms with van der Waals surface area (Å²) in [6, 6.07) is 9.41. The summed E-state index contributed by atoms with van der Waals surface area (Å²) in [7, 11) is 0. The molecule has 1 atom stereocenters. The minimum absolute atomic E-state index is 0.236. The Bertz CT molecular complexity index is 406. The van der Waals surface area contributed by atoms with E-state index in [2.05, 4.69) is 58.9 Å². The largest absolute Gasteiger partial charge is 0.372 e. The molecule has 0 radical (unpaired) electrons. The van der Waals surface area contributed by atoms with Crippen LogP contribution in [-0.4, -0.2) is 36.0 Å². The number of alkyl halides is 1. The van der Waals surface area contributed by atoms with Crippen molar-refractivity contribution in [2.24, 2.45) is 0 Å². The van der Waals surface area contributed by atoms with E-state index in [1.54, 1.807) is 0 Å². The van der Waals surface area contributed by atoms with Crippen molar-refractivity contribution >= 4 is 15.9 Å². The molecule has 0 aliphatic carbocycles. The molecule has 1 aliphatic heterocycles. The summed E-state index contributed by atoms with van der Waals surface area (Å²) in [5, 5.41) is 1.03. The van der Waals surface area contributed by atoms with Gasteiger partial charge in [0.1, 0.15) is 0 Å². The number of rotatable bonds is 7. The van der Waals surface area contributed by atoms with Gasteiger partial charge in [-0.05, 0) is 30.4 Å². The molecule has 2 rings (SSSR count). The highest BCUT2D eigenvalue weighted by Crippen LogP contribution is 2.28. The van der Waals surface area contributed by atoms with Gasteiger partial charge in [-0.2, -0.15) is 0 Å². The van der Waals surface area contributed by atoms with E-state index >= 15 is 0 Å². The van der Waals surface area contributed by atoms with Gasteiger partial charge in [0, 0.05) is 24.5 Å². The van der Waals surface area contributed by atoms with Crippen LogP contribution in [0.3, 0.4) is 0 Å². The van der Waals surface area contributed by atoms with Crippen molar-refractivity contribution in [3.05, 3.63) is 35.4 Å². The van der Waals surface area contributed by atoms with Gasteiger partial charge in [0.05, 0.1) is 12.7 Å². The maximum absolute atomic E-state index is 6.06. The van der Waals surface area contributed by atoms with Gasteiger partial charge >= 0.3 is 0 Å². The lowest BCUT2D eigenvalue weighted by Gasteiger charge is -2.35. The van der Waals surface area contributed by atoms with Crippen molar-refractivity contribution < 1.29 is 4.74 Å².